The molecule has 1 aromatic carbocycles. The molecule has 3 heterocycles. The Bertz CT molecular complexity index is 897. The third-order valence-corrected chi connectivity index (χ3v) is 7.31. The molecule has 0 N–H and O–H groups in total. The number of ether oxygens (including phenoxy) is 1. The van der Waals surface area contributed by atoms with E-state index in [1.165, 1.54) is 22.1 Å². The van der Waals surface area contributed by atoms with E-state index in [4.69, 9.17) is 16.3 Å². The number of anilines is 1. The number of aromatic nitrogens is 2. The Hall–Kier alpha value is -2.09. The average Bonchev–Trinajstić information content (AvgIpc) is 3.49. The van der Waals surface area contributed by atoms with Gasteiger partial charge in [-0.2, -0.15) is 9.78 Å². The lowest BCUT2D eigenvalue weighted by molar-refractivity contribution is 0.122. The van der Waals surface area contributed by atoms with Crippen molar-refractivity contribution in [2.24, 2.45) is 11.8 Å². The number of nitrogens with zero attached hydrogens (tertiary/aromatic N) is 5. The van der Waals surface area contributed by atoms with E-state index in [-0.39, 0.29) is 6.03 Å². The van der Waals surface area contributed by atoms with Crippen molar-refractivity contribution >= 4 is 23.3 Å². The second-order valence-electron chi connectivity index (χ2n) is 9.12. The topological polar surface area (TPSA) is 53.8 Å². The first-order chi connectivity index (χ1) is 15.1. The van der Waals surface area contributed by atoms with E-state index in [9.17, 15) is 4.79 Å². The van der Waals surface area contributed by atoms with Gasteiger partial charge in [0.05, 0.1) is 30.6 Å². The fraction of sp³-hybridized carbons (Fsp3) is 0.565. The highest BCUT2D eigenvalue weighted by atomic mass is 35.5. The van der Waals surface area contributed by atoms with Crippen LogP contribution in [0.25, 0.3) is 0 Å². The first-order valence-corrected chi connectivity index (χ1v) is 11.6. The largest absolute Gasteiger partial charge is 0.378 e. The lowest BCUT2D eigenvalue weighted by atomic mass is 10.0. The van der Waals surface area contributed by atoms with Gasteiger partial charge in [0.25, 0.3) is 0 Å². The summed E-state index contributed by atoms with van der Waals surface area (Å²) in [4.78, 5) is 19.4. The van der Waals surface area contributed by atoms with Crippen molar-refractivity contribution in [2.45, 2.75) is 25.4 Å². The van der Waals surface area contributed by atoms with Crippen LogP contribution in [0.4, 0.5) is 10.5 Å². The van der Waals surface area contributed by atoms with Crippen molar-refractivity contribution in [3.63, 3.8) is 0 Å². The molecule has 166 valence electrons. The molecule has 7 nitrogen and oxygen atoms in total. The molecule has 1 aromatic heterocycles. The summed E-state index contributed by atoms with van der Waals surface area (Å²) in [6.07, 6.45) is 5.39. The quantitative estimate of drug-likeness (QED) is 0.726. The van der Waals surface area contributed by atoms with Gasteiger partial charge in [0.1, 0.15) is 0 Å². The number of benzene rings is 1. The van der Waals surface area contributed by atoms with E-state index in [1.54, 1.807) is 6.20 Å². The zero-order valence-corrected chi connectivity index (χ0v) is 18.7. The van der Waals surface area contributed by atoms with Crippen LogP contribution >= 0.6 is 11.6 Å². The van der Waals surface area contributed by atoms with Crippen molar-refractivity contribution < 1.29 is 9.53 Å². The third kappa shape index (κ3) is 4.45. The molecule has 1 saturated carbocycles. The Kier molecular flexibility index (Phi) is 5.91. The molecule has 2 aliphatic heterocycles. The van der Waals surface area contributed by atoms with Gasteiger partial charge in [-0.05, 0) is 49.4 Å². The number of likely N-dealkylation sites (tertiary alicyclic amines) is 1. The second-order valence-corrected chi connectivity index (χ2v) is 9.55. The molecule has 0 radical (unpaired) electrons. The molecule has 1 unspecified atom stereocenters. The minimum Gasteiger partial charge on any atom is -0.378 e. The number of hydrogen-bond acceptors (Lipinski definition) is 5. The van der Waals surface area contributed by atoms with E-state index < -0.39 is 0 Å². The number of halogens is 1. The minimum atomic E-state index is -0.0634. The SMILES string of the molecule is CN(Cc1ccc(N2CCOCC2)cc1)C1C[C@@H]2CN(C(=O)n3cc(Cl)cn3)C[C@@H]2C1. The summed E-state index contributed by atoms with van der Waals surface area (Å²) in [5.74, 6) is 1.15. The number of rotatable bonds is 4. The Morgan fingerprint density at radius 2 is 1.84 bits per heavy atom. The molecule has 3 fully saturated rings. The van der Waals surface area contributed by atoms with E-state index in [1.807, 2.05) is 4.90 Å². The normalized spacial score (nSPS) is 26.0. The Balaban J connectivity index is 1.13. The van der Waals surface area contributed by atoms with Crippen molar-refractivity contribution in [3.05, 3.63) is 47.2 Å². The highest BCUT2D eigenvalue weighted by Gasteiger charge is 2.43. The summed E-state index contributed by atoms with van der Waals surface area (Å²) in [5.41, 5.74) is 2.64. The summed E-state index contributed by atoms with van der Waals surface area (Å²) >= 11 is 5.91. The first kappa shape index (κ1) is 20.8. The lowest BCUT2D eigenvalue weighted by Crippen LogP contribution is -2.36. The molecular formula is C23H30ClN5O2. The number of amides is 1. The van der Waals surface area contributed by atoms with Gasteiger partial charge >= 0.3 is 6.03 Å². The molecule has 2 saturated heterocycles. The van der Waals surface area contributed by atoms with E-state index in [2.05, 4.69) is 46.2 Å². The predicted molar refractivity (Wildman–Crippen MR) is 121 cm³/mol. The van der Waals surface area contributed by atoms with Crippen LogP contribution in [0.3, 0.4) is 0 Å². The van der Waals surface area contributed by atoms with Gasteiger partial charge in [0, 0.05) is 44.5 Å². The fourth-order valence-corrected chi connectivity index (χ4v) is 5.52. The van der Waals surface area contributed by atoms with Crippen LogP contribution in [0.2, 0.25) is 5.02 Å². The van der Waals surface area contributed by atoms with Crippen molar-refractivity contribution in [1.82, 2.24) is 19.6 Å². The smallest absolute Gasteiger partial charge is 0.344 e. The Morgan fingerprint density at radius 1 is 1.16 bits per heavy atom. The molecule has 3 atom stereocenters. The molecule has 1 amide bonds. The number of morpholine rings is 1. The molecule has 31 heavy (non-hydrogen) atoms. The minimum absolute atomic E-state index is 0.0634. The van der Waals surface area contributed by atoms with Crippen LogP contribution in [0.5, 0.6) is 0 Å². The molecule has 3 aliphatic rings. The average molecular weight is 444 g/mol. The number of carbonyl (C=O) groups is 1. The van der Waals surface area contributed by atoms with Gasteiger partial charge in [-0.15, -0.1) is 0 Å². The maximum absolute atomic E-state index is 12.6. The van der Waals surface area contributed by atoms with E-state index >= 15 is 0 Å². The fourth-order valence-electron chi connectivity index (χ4n) is 5.39. The number of carbonyl (C=O) groups excluding carboxylic acids is 1. The molecule has 0 bridgehead atoms. The van der Waals surface area contributed by atoms with Crippen molar-refractivity contribution in [2.75, 3.05) is 51.3 Å². The van der Waals surface area contributed by atoms with Gasteiger partial charge in [-0.25, -0.2) is 4.79 Å². The van der Waals surface area contributed by atoms with Crippen LogP contribution in [0.15, 0.2) is 36.7 Å². The maximum Gasteiger partial charge on any atom is 0.344 e. The highest BCUT2D eigenvalue weighted by Crippen LogP contribution is 2.40. The molecule has 8 heteroatoms. The van der Waals surface area contributed by atoms with Crippen LogP contribution in [-0.2, 0) is 11.3 Å². The Labute approximate surface area is 188 Å². The van der Waals surface area contributed by atoms with Crippen LogP contribution in [0, 0.1) is 11.8 Å². The summed E-state index contributed by atoms with van der Waals surface area (Å²) in [7, 11) is 2.23. The number of fused-ring (bicyclic) bond motifs is 1. The zero-order chi connectivity index (χ0) is 21.4. The van der Waals surface area contributed by atoms with Gasteiger partial charge < -0.3 is 14.5 Å². The highest BCUT2D eigenvalue weighted by molar-refractivity contribution is 6.30. The maximum atomic E-state index is 12.6. The van der Waals surface area contributed by atoms with Gasteiger partial charge in [-0.3, -0.25) is 4.90 Å². The van der Waals surface area contributed by atoms with Gasteiger partial charge in [0.15, 0.2) is 0 Å². The standard InChI is InChI=1S/C23H30ClN5O2/c1-26(13-17-2-4-21(5-3-17)27-6-8-31-9-7-27)22-10-18-14-28(15-19(18)11-22)23(30)29-16-20(24)12-25-29/h2-5,12,16,18-19,22H,6-11,13-15H2,1H3/t18-,19+,22?. The Morgan fingerprint density at radius 3 is 2.45 bits per heavy atom. The van der Waals surface area contributed by atoms with Gasteiger partial charge in [-0.1, -0.05) is 23.7 Å². The van der Waals surface area contributed by atoms with E-state index in [0.29, 0.717) is 22.9 Å². The van der Waals surface area contributed by atoms with Gasteiger partial charge in [0.2, 0.25) is 0 Å². The summed E-state index contributed by atoms with van der Waals surface area (Å²) in [6.45, 7) is 6.16. The molecule has 1 aliphatic carbocycles. The second kappa shape index (κ2) is 8.81. The zero-order valence-electron chi connectivity index (χ0n) is 18.0. The molecular weight excluding hydrogens is 414 g/mol. The third-order valence-electron chi connectivity index (χ3n) is 7.11. The summed E-state index contributed by atoms with van der Waals surface area (Å²) < 4.78 is 6.80. The predicted octanol–water partition coefficient (Wildman–Crippen LogP) is 3.18. The van der Waals surface area contributed by atoms with Crippen LogP contribution < -0.4 is 4.90 Å². The monoisotopic (exact) mass is 443 g/mol. The van der Waals surface area contributed by atoms with Crippen molar-refractivity contribution in [3.8, 4) is 0 Å². The summed E-state index contributed by atoms with van der Waals surface area (Å²) in [6, 6.07) is 9.50. The molecule has 5 rings (SSSR count). The number of hydrogen-bond donors (Lipinski definition) is 0. The summed E-state index contributed by atoms with van der Waals surface area (Å²) in [5, 5.41) is 4.55. The molecule has 0 spiro atoms. The molecule has 2 aromatic rings. The first-order valence-electron chi connectivity index (χ1n) is 11.2. The van der Waals surface area contributed by atoms with Crippen molar-refractivity contribution in [1.29, 1.82) is 0 Å². The van der Waals surface area contributed by atoms with Crippen LogP contribution in [-0.4, -0.2) is 78.1 Å². The lowest BCUT2D eigenvalue weighted by Gasteiger charge is -2.29. The van der Waals surface area contributed by atoms with E-state index in [0.717, 1.165) is 58.8 Å². The van der Waals surface area contributed by atoms with Crippen LogP contribution in [0.1, 0.15) is 18.4 Å².